The van der Waals surface area contributed by atoms with E-state index < -0.39 is 5.60 Å². The van der Waals surface area contributed by atoms with E-state index in [-0.39, 0.29) is 11.7 Å². The van der Waals surface area contributed by atoms with Gasteiger partial charge in [-0.2, -0.15) is 4.98 Å². The number of methoxy groups -OCH3 is 1. The molecule has 3 rings (SSSR count). The van der Waals surface area contributed by atoms with Gasteiger partial charge in [-0.05, 0) is 27.2 Å². The van der Waals surface area contributed by atoms with Crippen LogP contribution in [-0.4, -0.2) is 23.0 Å². The van der Waals surface area contributed by atoms with Crippen LogP contribution in [0.15, 0.2) is 8.94 Å². The Labute approximate surface area is 122 Å². The van der Waals surface area contributed by atoms with Gasteiger partial charge in [-0.1, -0.05) is 5.16 Å². The first-order chi connectivity index (χ1) is 9.94. The fourth-order valence-corrected chi connectivity index (χ4v) is 2.50. The molecule has 6 heteroatoms. The van der Waals surface area contributed by atoms with Crippen molar-refractivity contribution in [3.63, 3.8) is 0 Å². The zero-order valence-corrected chi connectivity index (χ0v) is 12.6. The number of fused-ring (bicyclic) bond motifs is 1. The van der Waals surface area contributed by atoms with Crippen LogP contribution in [0.25, 0.3) is 11.7 Å². The lowest BCUT2D eigenvalue weighted by molar-refractivity contribution is 0.00973. The molecule has 112 valence electrons. The first-order valence-electron chi connectivity index (χ1n) is 6.99. The second-order valence-corrected chi connectivity index (χ2v) is 5.77. The second-order valence-electron chi connectivity index (χ2n) is 5.77. The zero-order valence-electron chi connectivity index (χ0n) is 12.6. The molecule has 0 spiro atoms. The van der Waals surface area contributed by atoms with Crippen molar-refractivity contribution in [1.82, 2.24) is 10.1 Å². The smallest absolute Gasteiger partial charge is 0.294 e. The molecule has 0 aliphatic heterocycles. The fraction of sp³-hybridized carbons (Fsp3) is 0.533. The standard InChI is InChI=1S/C15H18N2O4/c1-8-11-9(18)6-5-7-10(11)20-12(8)13-16-14(17-21-13)15(2,3)19-4/h5-7H2,1-4H3. The molecule has 1 aliphatic rings. The third kappa shape index (κ3) is 2.19. The maximum Gasteiger partial charge on any atom is 0.294 e. The Morgan fingerprint density at radius 1 is 1.29 bits per heavy atom. The van der Waals surface area contributed by atoms with Crippen LogP contribution in [0.4, 0.5) is 0 Å². The Morgan fingerprint density at radius 2 is 2.05 bits per heavy atom. The number of rotatable bonds is 3. The maximum absolute atomic E-state index is 12.0. The Hall–Kier alpha value is -1.95. The molecule has 0 aromatic carbocycles. The lowest BCUT2D eigenvalue weighted by Gasteiger charge is -2.17. The summed E-state index contributed by atoms with van der Waals surface area (Å²) in [7, 11) is 1.59. The number of nitrogens with zero attached hydrogens (tertiary/aromatic N) is 2. The molecule has 2 aromatic heterocycles. The largest absolute Gasteiger partial charge is 0.455 e. The summed E-state index contributed by atoms with van der Waals surface area (Å²) >= 11 is 0. The summed E-state index contributed by atoms with van der Waals surface area (Å²) in [5, 5.41) is 3.95. The third-order valence-electron chi connectivity index (χ3n) is 3.98. The van der Waals surface area contributed by atoms with Crippen molar-refractivity contribution in [3.05, 3.63) is 22.7 Å². The van der Waals surface area contributed by atoms with E-state index in [4.69, 9.17) is 13.7 Å². The Balaban J connectivity index is 2.04. The van der Waals surface area contributed by atoms with Gasteiger partial charge in [0.05, 0.1) is 5.56 Å². The van der Waals surface area contributed by atoms with Crippen LogP contribution >= 0.6 is 0 Å². The van der Waals surface area contributed by atoms with Crippen LogP contribution in [0.5, 0.6) is 0 Å². The van der Waals surface area contributed by atoms with Crippen molar-refractivity contribution in [3.8, 4) is 11.7 Å². The molecule has 0 bridgehead atoms. The SMILES string of the molecule is COC(C)(C)c1noc(-c2oc3c(c2C)C(=O)CCC3)n1. The monoisotopic (exact) mass is 290 g/mol. The van der Waals surface area contributed by atoms with Crippen LogP contribution in [0.3, 0.4) is 0 Å². The van der Waals surface area contributed by atoms with E-state index in [1.165, 1.54) is 0 Å². The van der Waals surface area contributed by atoms with Gasteiger partial charge in [0.15, 0.2) is 11.5 Å². The number of hydrogen-bond acceptors (Lipinski definition) is 6. The lowest BCUT2D eigenvalue weighted by atomic mass is 9.94. The van der Waals surface area contributed by atoms with Crippen molar-refractivity contribution >= 4 is 5.78 Å². The van der Waals surface area contributed by atoms with Crippen LogP contribution < -0.4 is 0 Å². The summed E-state index contributed by atoms with van der Waals surface area (Å²) in [4.78, 5) is 16.4. The molecule has 21 heavy (non-hydrogen) atoms. The molecule has 1 aliphatic carbocycles. The molecule has 0 fully saturated rings. The molecule has 2 heterocycles. The quantitative estimate of drug-likeness (QED) is 0.864. The highest BCUT2D eigenvalue weighted by Crippen LogP contribution is 2.35. The molecular weight excluding hydrogens is 272 g/mol. The van der Waals surface area contributed by atoms with E-state index in [9.17, 15) is 4.79 Å². The van der Waals surface area contributed by atoms with Crippen molar-refractivity contribution in [2.75, 3.05) is 7.11 Å². The van der Waals surface area contributed by atoms with Gasteiger partial charge in [-0.3, -0.25) is 4.79 Å². The first-order valence-corrected chi connectivity index (χ1v) is 6.99. The van der Waals surface area contributed by atoms with E-state index in [2.05, 4.69) is 10.1 Å². The molecule has 0 saturated heterocycles. The van der Waals surface area contributed by atoms with Crippen molar-refractivity contribution in [2.45, 2.75) is 45.6 Å². The minimum Gasteiger partial charge on any atom is -0.455 e. The summed E-state index contributed by atoms with van der Waals surface area (Å²) in [5.74, 6) is 2.07. The predicted octanol–water partition coefficient (Wildman–Crippen LogP) is 3.04. The highest BCUT2D eigenvalue weighted by molar-refractivity contribution is 6.00. The number of carbonyl (C=O) groups is 1. The summed E-state index contributed by atoms with van der Waals surface area (Å²) in [6.45, 7) is 5.56. The van der Waals surface area contributed by atoms with E-state index in [0.717, 1.165) is 24.2 Å². The molecule has 6 nitrogen and oxygen atoms in total. The molecule has 0 saturated carbocycles. The van der Waals surface area contributed by atoms with Gasteiger partial charge in [0, 0.05) is 25.5 Å². The number of carbonyl (C=O) groups excluding carboxylic acids is 1. The molecule has 2 aromatic rings. The van der Waals surface area contributed by atoms with Crippen LogP contribution in [0, 0.1) is 6.92 Å². The van der Waals surface area contributed by atoms with Crippen LogP contribution in [0.1, 0.15) is 54.2 Å². The van der Waals surface area contributed by atoms with E-state index in [0.29, 0.717) is 23.6 Å². The van der Waals surface area contributed by atoms with Crippen molar-refractivity contribution < 1.29 is 18.5 Å². The number of hydrogen-bond donors (Lipinski definition) is 0. The first kappa shape index (κ1) is 14.0. The maximum atomic E-state index is 12.0. The highest BCUT2D eigenvalue weighted by atomic mass is 16.5. The van der Waals surface area contributed by atoms with Gasteiger partial charge < -0.3 is 13.7 Å². The number of aryl methyl sites for hydroxylation is 1. The molecular formula is C15H18N2O4. The van der Waals surface area contributed by atoms with Gasteiger partial charge in [-0.15, -0.1) is 0 Å². The van der Waals surface area contributed by atoms with Gasteiger partial charge in [0.1, 0.15) is 11.4 Å². The number of aromatic nitrogens is 2. The van der Waals surface area contributed by atoms with Gasteiger partial charge in [-0.25, -0.2) is 0 Å². The Bertz CT molecular complexity index is 697. The summed E-state index contributed by atoms with van der Waals surface area (Å²) in [6.07, 6.45) is 2.16. The average Bonchev–Trinajstić information content (AvgIpc) is 3.05. The Morgan fingerprint density at radius 3 is 2.71 bits per heavy atom. The normalized spacial score (nSPS) is 15.3. The molecule has 0 unspecified atom stereocenters. The third-order valence-corrected chi connectivity index (χ3v) is 3.98. The van der Waals surface area contributed by atoms with Crippen LogP contribution in [0.2, 0.25) is 0 Å². The zero-order chi connectivity index (χ0) is 15.2. The minimum absolute atomic E-state index is 0.126. The molecule has 0 radical (unpaired) electrons. The highest BCUT2D eigenvalue weighted by Gasteiger charge is 2.31. The van der Waals surface area contributed by atoms with Gasteiger partial charge in [0.2, 0.25) is 5.82 Å². The minimum atomic E-state index is -0.641. The topological polar surface area (TPSA) is 78.4 Å². The number of ether oxygens (including phenoxy) is 1. The van der Waals surface area contributed by atoms with E-state index in [1.54, 1.807) is 7.11 Å². The predicted molar refractivity (Wildman–Crippen MR) is 74.0 cm³/mol. The van der Waals surface area contributed by atoms with Crippen molar-refractivity contribution in [1.29, 1.82) is 0 Å². The average molecular weight is 290 g/mol. The Kier molecular flexibility index (Phi) is 3.20. The number of Topliss-reactive ketones (excluding diaryl/α,β-unsaturated/α-hetero) is 1. The lowest BCUT2D eigenvalue weighted by Crippen LogP contribution is -2.21. The molecule has 0 atom stereocenters. The fourth-order valence-electron chi connectivity index (χ4n) is 2.50. The molecule has 0 amide bonds. The summed E-state index contributed by atoms with van der Waals surface area (Å²) in [6, 6.07) is 0. The van der Waals surface area contributed by atoms with Crippen LogP contribution in [-0.2, 0) is 16.8 Å². The van der Waals surface area contributed by atoms with Gasteiger partial charge in [0.25, 0.3) is 5.89 Å². The van der Waals surface area contributed by atoms with Gasteiger partial charge >= 0.3 is 0 Å². The number of furan rings is 1. The summed E-state index contributed by atoms with van der Waals surface area (Å²) < 4.78 is 16.4. The van der Waals surface area contributed by atoms with E-state index >= 15 is 0 Å². The van der Waals surface area contributed by atoms with Crippen molar-refractivity contribution in [2.24, 2.45) is 0 Å². The second kappa shape index (κ2) is 4.80. The molecule has 0 N–H and O–H groups in total. The van der Waals surface area contributed by atoms with E-state index in [1.807, 2.05) is 20.8 Å². The summed E-state index contributed by atoms with van der Waals surface area (Å²) in [5.41, 5.74) is 0.819. The number of ketones is 1.